The third-order valence-corrected chi connectivity index (χ3v) is 7.28. The molecular formula is C25H26N6O2S. The second-order valence-corrected chi connectivity index (χ2v) is 10.7. The van der Waals surface area contributed by atoms with Crippen molar-refractivity contribution in [2.24, 2.45) is 5.73 Å². The van der Waals surface area contributed by atoms with E-state index in [2.05, 4.69) is 14.9 Å². The summed E-state index contributed by atoms with van der Waals surface area (Å²) < 4.78 is 23.6. The number of piperidine rings is 1. The minimum Gasteiger partial charge on any atom is -0.397 e. The van der Waals surface area contributed by atoms with Crippen LogP contribution in [0.1, 0.15) is 12.8 Å². The molecule has 1 aliphatic heterocycles. The monoisotopic (exact) mass is 474 g/mol. The molecule has 34 heavy (non-hydrogen) atoms. The van der Waals surface area contributed by atoms with Crippen molar-refractivity contribution in [1.29, 1.82) is 0 Å². The molecule has 174 valence electrons. The normalized spacial score (nSPS) is 16.6. The summed E-state index contributed by atoms with van der Waals surface area (Å²) in [6.07, 6.45) is 6.81. The molecule has 1 atom stereocenters. The van der Waals surface area contributed by atoms with Gasteiger partial charge in [-0.05, 0) is 49.2 Å². The number of rotatable bonds is 4. The highest BCUT2D eigenvalue weighted by atomic mass is 32.2. The fraction of sp³-hybridized carbons (Fsp3) is 0.240. The predicted octanol–water partition coefficient (Wildman–Crippen LogP) is 3.27. The number of nitrogen functional groups attached to an aromatic ring is 1. The summed E-state index contributed by atoms with van der Waals surface area (Å²) in [4.78, 5) is 16.4. The van der Waals surface area contributed by atoms with Crippen LogP contribution in [0.3, 0.4) is 0 Å². The second kappa shape index (κ2) is 8.66. The van der Waals surface area contributed by atoms with Crippen molar-refractivity contribution in [3.05, 3.63) is 60.9 Å². The van der Waals surface area contributed by atoms with Gasteiger partial charge < -0.3 is 16.4 Å². The van der Waals surface area contributed by atoms with E-state index in [-0.39, 0.29) is 10.9 Å². The summed E-state index contributed by atoms with van der Waals surface area (Å²) in [5.74, 6) is 0. The molecule has 0 aliphatic carbocycles. The summed E-state index contributed by atoms with van der Waals surface area (Å²) in [5.41, 5.74) is 17.6. The van der Waals surface area contributed by atoms with Gasteiger partial charge in [0.25, 0.3) is 0 Å². The molecule has 0 saturated carbocycles. The van der Waals surface area contributed by atoms with Gasteiger partial charge in [0.05, 0.1) is 33.7 Å². The number of nitrogens with two attached hydrogens (primary N) is 2. The smallest absolute Gasteiger partial charge is 0.175 e. The van der Waals surface area contributed by atoms with E-state index in [9.17, 15) is 8.42 Å². The van der Waals surface area contributed by atoms with E-state index in [0.29, 0.717) is 22.8 Å². The zero-order valence-electron chi connectivity index (χ0n) is 18.8. The van der Waals surface area contributed by atoms with Crippen molar-refractivity contribution in [1.82, 2.24) is 15.0 Å². The van der Waals surface area contributed by atoms with Crippen LogP contribution in [0.15, 0.2) is 65.8 Å². The SMILES string of the molecule is CS(=O)(=O)c1ccc(-c2ccc(N)c(-c3cc4c(N5CCCC(N)C5)ccnc4cn3)n2)cc1. The van der Waals surface area contributed by atoms with Gasteiger partial charge in [-0.25, -0.2) is 13.4 Å². The molecule has 3 aromatic heterocycles. The summed E-state index contributed by atoms with van der Waals surface area (Å²) >= 11 is 0. The van der Waals surface area contributed by atoms with Crippen molar-refractivity contribution < 1.29 is 8.42 Å². The minimum atomic E-state index is -3.27. The average molecular weight is 475 g/mol. The van der Waals surface area contributed by atoms with Crippen LogP contribution in [0.2, 0.25) is 0 Å². The summed E-state index contributed by atoms with van der Waals surface area (Å²) in [6.45, 7) is 1.75. The molecule has 0 bridgehead atoms. The van der Waals surface area contributed by atoms with E-state index in [0.717, 1.165) is 48.1 Å². The maximum absolute atomic E-state index is 11.8. The van der Waals surface area contributed by atoms with Crippen molar-refractivity contribution in [3.63, 3.8) is 0 Å². The zero-order valence-corrected chi connectivity index (χ0v) is 19.7. The molecule has 0 amide bonds. The van der Waals surface area contributed by atoms with E-state index in [1.807, 2.05) is 18.2 Å². The predicted molar refractivity (Wildman–Crippen MR) is 135 cm³/mol. The lowest BCUT2D eigenvalue weighted by Crippen LogP contribution is -2.42. The first-order chi connectivity index (χ1) is 16.3. The highest BCUT2D eigenvalue weighted by Crippen LogP contribution is 2.32. The lowest BCUT2D eigenvalue weighted by Gasteiger charge is -2.33. The lowest BCUT2D eigenvalue weighted by molar-refractivity contribution is 0.507. The molecule has 1 aromatic carbocycles. The zero-order chi connectivity index (χ0) is 23.9. The number of hydrogen-bond acceptors (Lipinski definition) is 8. The first-order valence-electron chi connectivity index (χ1n) is 11.1. The number of aromatic nitrogens is 3. The topological polar surface area (TPSA) is 128 Å². The van der Waals surface area contributed by atoms with Gasteiger partial charge in [0.1, 0.15) is 5.69 Å². The first kappa shape index (κ1) is 22.2. The Bertz CT molecular complexity index is 1470. The van der Waals surface area contributed by atoms with E-state index in [4.69, 9.17) is 16.5 Å². The molecule has 1 aliphatic rings. The van der Waals surface area contributed by atoms with Gasteiger partial charge >= 0.3 is 0 Å². The molecular weight excluding hydrogens is 448 g/mol. The standard InChI is InChI=1S/C25H26N6O2S/c1-34(32,33)18-6-4-16(5-7-18)21-9-8-20(27)25(30-21)22-13-19-23(14-29-22)28-11-10-24(19)31-12-2-3-17(26)15-31/h4-11,13-14,17H,2-3,12,15,26-27H2,1H3. The fourth-order valence-corrected chi connectivity index (χ4v) is 5.01. The molecule has 0 radical (unpaired) electrons. The third kappa shape index (κ3) is 4.32. The van der Waals surface area contributed by atoms with Crippen molar-refractivity contribution in [2.45, 2.75) is 23.8 Å². The van der Waals surface area contributed by atoms with Gasteiger partial charge in [-0.1, -0.05) is 12.1 Å². The number of sulfone groups is 1. The molecule has 4 aromatic rings. The van der Waals surface area contributed by atoms with Crippen LogP contribution in [0.4, 0.5) is 11.4 Å². The van der Waals surface area contributed by atoms with Crippen LogP contribution < -0.4 is 16.4 Å². The first-order valence-corrected chi connectivity index (χ1v) is 13.0. The minimum absolute atomic E-state index is 0.154. The van der Waals surface area contributed by atoms with E-state index in [1.54, 1.807) is 42.7 Å². The van der Waals surface area contributed by atoms with Crippen molar-refractivity contribution >= 4 is 32.1 Å². The largest absolute Gasteiger partial charge is 0.397 e. The maximum atomic E-state index is 11.8. The Kier molecular flexibility index (Phi) is 5.66. The molecule has 1 fully saturated rings. The maximum Gasteiger partial charge on any atom is 0.175 e. The Morgan fingerprint density at radius 2 is 1.82 bits per heavy atom. The highest BCUT2D eigenvalue weighted by molar-refractivity contribution is 7.90. The molecule has 1 saturated heterocycles. The Labute approximate surface area is 198 Å². The highest BCUT2D eigenvalue weighted by Gasteiger charge is 2.20. The van der Waals surface area contributed by atoms with Crippen LogP contribution in [-0.4, -0.2) is 48.8 Å². The van der Waals surface area contributed by atoms with E-state index in [1.165, 1.54) is 6.26 Å². The Balaban J connectivity index is 1.56. The third-order valence-electron chi connectivity index (χ3n) is 6.15. The number of nitrogens with zero attached hydrogens (tertiary/aromatic N) is 4. The molecule has 0 spiro atoms. The Morgan fingerprint density at radius 3 is 2.56 bits per heavy atom. The number of benzene rings is 1. The van der Waals surface area contributed by atoms with E-state index >= 15 is 0 Å². The summed E-state index contributed by atoms with van der Waals surface area (Å²) in [7, 11) is -3.27. The van der Waals surface area contributed by atoms with Gasteiger partial charge in [0.2, 0.25) is 0 Å². The molecule has 4 heterocycles. The Hall–Kier alpha value is -3.56. The fourth-order valence-electron chi connectivity index (χ4n) is 4.38. The lowest BCUT2D eigenvalue weighted by atomic mass is 10.0. The quantitative estimate of drug-likeness (QED) is 0.461. The molecule has 8 nitrogen and oxygen atoms in total. The van der Waals surface area contributed by atoms with Crippen LogP contribution in [0.5, 0.6) is 0 Å². The van der Waals surface area contributed by atoms with Crippen LogP contribution in [-0.2, 0) is 9.84 Å². The summed E-state index contributed by atoms with van der Waals surface area (Å²) in [5, 5.41) is 0.978. The van der Waals surface area contributed by atoms with Crippen molar-refractivity contribution in [3.8, 4) is 22.6 Å². The molecule has 4 N–H and O–H groups in total. The number of hydrogen-bond donors (Lipinski definition) is 2. The van der Waals surface area contributed by atoms with Gasteiger partial charge in [0, 0.05) is 48.2 Å². The van der Waals surface area contributed by atoms with Gasteiger partial charge in [-0.2, -0.15) is 0 Å². The molecule has 9 heteroatoms. The van der Waals surface area contributed by atoms with Gasteiger partial charge in [0.15, 0.2) is 9.84 Å². The number of anilines is 2. The number of fused-ring (bicyclic) bond motifs is 1. The van der Waals surface area contributed by atoms with Gasteiger partial charge in [-0.3, -0.25) is 9.97 Å². The van der Waals surface area contributed by atoms with Crippen LogP contribution in [0.25, 0.3) is 33.5 Å². The average Bonchev–Trinajstić information content (AvgIpc) is 2.83. The van der Waals surface area contributed by atoms with Gasteiger partial charge in [-0.15, -0.1) is 0 Å². The number of pyridine rings is 3. The van der Waals surface area contributed by atoms with Crippen LogP contribution in [0, 0.1) is 0 Å². The Morgan fingerprint density at radius 1 is 1.03 bits per heavy atom. The summed E-state index contributed by atoms with van der Waals surface area (Å²) in [6, 6.07) is 14.4. The van der Waals surface area contributed by atoms with Crippen molar-refractivity contribution in [2.75, 3.05) is 30.0 Å². The molecule has 1 unspecified atom stereocenters. The second-order valence-electron chi connectivity index (χ2n) is 8.70. The van der Waals surface area contributed by atoms with E-state index < -0.39 is 9.84 Å². The molecule has 5 rings (SSSR count). The van der Waals surface area contributed by atoms with Crippen LogP contribution >= 0.6 is 0 Å².